The van der Waals surface area contributed by atoms with Crippen LogP contribution in [0.3, 0.4) is 0 Å². The van der Waals surface area contributed by atoms with Crippen molar-refractivity contribution in [3.05, 3.63) is 101 Å². The third-order valence-corrected chi connectivity index (χ3v) is 4.48. The summed E-state index contributed by atoms with van der Waals surface area (Å²) in [5.41, 5.74) is -0.470. The minimum absolute atomic E-state index is 0.159. The van der Waals surface area contributed by atoms with Crippen molar-refractivity contribution in [3.63, 3.8) is 0 Å². The number of carbonyl (C=O) groups is 2. The minimum Gasteiger partial charge on any atom is -0.350 e. The smallest absolute Gasteiger partial charge is 0.282 e. The Hall–Kier alpha value is -3.94. The van der Waals surface area contributed by atoms with E-state index in [-0.39, 0.29) is 22.5 Å². The molecule has 0 aromatic heterocycles. The van der Waals surface area contributed by atoms with Gasteiger partial charge in [0.05, 0.1) is 11.3 Å². The molecule has 3 aromatic carbocycles. The van der Waals surface area contributed by atoms with Crippen molar-refractivity contribution < 1.29 is 27.2 Å². The second-order valence-electron chi connectivity index (χ2n) is 6.43. The first-order valence-corrected chi connectivity index (χ1v) is 8.72. The van der Waals surface area contributed by atoms with Gasteiger partial charge in [-0.1, -0.05) is 12.1 Å². The number of amides is 2. The van der Waals surface area contributed by atoms with E-state index in [2.05, 4.69) is 5.32 Å². The third kappa shape index (κ3) is 3.43. The van der Waals surface area contributed by atoms with Crippen LogP contribution in [0.1, 0.15) is 5.56 Å². The van der Waals surface area contributed by atoms with Crippen molar-refractivity contribution in [2.75, 3.05) is 10.2 Å². The fourth-order valence-corrected chi connectivity index (χ4v) is 3.08. The van der Waals surface area contributed by atoms with Gasteiger partial charge in [0, 0.05) is 11.8 Å². The van der Waals surface area contributed by atoms with E-state index in [4.69, 9.17) is 0 Å². The number of nitrogens with zero attached hydrogens (tertiary/aromatic N) is 1. The minimum atomic E-state index is -0.973. The lowest BCUT2D eigenvalue weighted by Crippen LogP contribution is -2.33. The van der Waals surface area contributed by atoms with Crippen molar-refractivity contribution in [1.29, 1.82) is 0 Å². The highest BCUT2D eigenvalue weighted by molar-refractivity contribution is 6.46. The van der Waals surface area contributed by atoms with E-state index in [1.807, 2.05) is 0 Å². The summed E-state index contributed by atoms with van der Waals surface area (Å²) < 4.78 is 54.5. The first-order chi connectivity index (χ1) is 14.3. The number of hydrogen-bond acceptors (Lipinski definition) is 3. The monoisotopic (exact) mass is 412 g/mol. The first kappa shape index (κ1) is 19.4. The molecule has 30 heavy (non-hydrogen) atoms. The lowest BCUT2D eigenvalue weighted by atomic mass is 10.0. The second-order valence-corrected chi connectivity index (χ2v) is 6.43. The maximum Gasteiger partial charge on any atom is 0.282 e. The molecule has 1 N–H and O–H groups in total. The number of nitrogens with one attached hydrogen (secondary N) is 1. The molecular formula is C22H12F4N2O2. The van der Waals surface area contributed by atoms with Gasteiger partial charge in [-0.15, -0.1) is 0 Å². The van der Waals surface area contributed by atoms with Gasteiger partial charge in [-0.2, -0.15) is 0 Å². The zero-order valence-electron chi connectivity index (χ0n) is 15.1. The predicted molar refractivity (Wildman–Crippen MR) is 102 cm³/mol. The molecular weight excluding hydrogens is 400 g/mol. The van der Waals surface area contributed by atoms with E-state index in [1.54, 1.807) is 0 Å². The maximum absolute atomic E-state index is 14.3. The Balaban J connectivity index is 1.84. The normalized spacial score (nSPS) is 13.9. The number of hydrogen-bond donors (Lipinski definition) is 1. The summed E-state index contributed by atoms with van der Waals surface area (Å²) in [6.45, 7) is 0. The molecule has 150 valence electrons. The number of imide groups is 1. The Morgan fingerprint density at radius 3 is 1.87 bits per heavy atom. The summed E-state index contributed by atoms with van der Waals surface area (Å²) in [6, 6.07) is 12.1. The molecule has 0 atom stereocenters. The topological polar surface area (TPSA) is 49.4 Å². The second kappa shape index (κ2) is 7.47. The van der Waals surface area contributed by atoms with Crippen LogP contribution in [-0.4, -0.2) is 11.8 Å². The molecule has 4 rings (SSSR count). The Kier molecular flexibility index (Phi) is 4.83. The van der Waals surface area contributed by atoms with Crippen LogP contribution < -0.4 is 10.2 Å². The zero-order valence-corrected chi connectivity index (χ0v) is 15.1. The summed E-state index contributed by atoms with van der Waals surface area (Å²) >= 11 is 0. The van der Waals surface area contributed by atoms with Gasteiger partial charge in [0.2, 0.25) is 0 Å². The summed E-state index contributed by atoms with van der Waals surface area (Å²) in [5.74, 6) is -4.73. The lowest BCUT2D eigenvalue weighted by Gasteiger charge is -2.16. The molecule has 0 bridgehead atoms. The molecule has 8 heteroatoms. The van der Waals surface area contributed by atoms with Gasteiger partial charge in [-0.05, 0) is 54.1 Å². The summed E-state index contributed by atoms with van der Waals surface area (Å²) in [6.07, 6.45) is 0. The van der Waals surface area contributed by atoms with E-state index >= 15 is 0 Å². The van der Waals surface area contributed by atoms with E-state index in [9.17, 15) is 27.2 Å². The van der Waals surface area contributed by atoms with Crippen molar-refractivity contribution in [2.24, 2.45) is 0 Å². The molecule has 0 aliphatic carbocycles. The first-order valence-electron chi connectivity index (χ1n) is 8.72. The molecule has 0 saturated heterocycles. The van der Waals surface area contributed by atoms with Crippen LogP contribution in [0.2, 0.25) is 0 Å². The van der Waals surface area contributed by atoms with Crippen LogP contribution in [0.15, 0.2) is 72.4 Å². The van der Waals surface area contributed by atoms with Gasteiger partial charge in [-0.3, -0.25) is 9.59 Å². The van der Waals surface area contributed by atoms with Crippen LogP contribution >= 0.6 is 0 Å². The standard InChI is InChI=1S/C22H12F4N2O2/c23-13-3-1-12(2-4-13)19-20(27-16-8-5-14(24)6-9-16)22(30)28(21(19)29)18-11-15(25)7-10-17(18)26/h1-11,27H. The summed E-state index contributed by atoms with van der Waals surface area (Å²) in [7, 11) is 0. The van der Waals surface area contributed by atoms with Gasteiger partial charge in [0.1, 0.15) is 29.0 Å². The van der Waals surface area contributed by atoms with Crippen molar-refractivity contribution in [2.45, 2.75) is 0 Å². The number of carbonyl (C=O) groups excluding carboxylic acids is 2. The number of benzene rings is 3. The van der Waals surface area contributed by atoms with Gasteiger partial charge < -0.3 is 5.32 Å². The number of halogens is 4. The molecule has 3 aromatic rings. The molecule has 0 radical (unpaired) electrons. The lowest BCUT2D eigenvalue weighted by molar-refractivity contribution is -0.120. The van der Waals surface area contributed by atoms with Gasteiger partial charge in [0.25, 0.3) is 11.8 Å². The molecule has 2 amide bonds. The van der Waals surface area contributed by atoms with E-state index in [1.165, 1.54) is 24.3 Å². The molecule has 0 unspecified atom stereocenters. The van der Waals surface area contributed by atoms with Crippen molar-refractivity contribution >= 4 is 28.8 Å². The van der Waals surface area contributed by atoms with Crippen LogP contribution in [0.4, 0.5) is 28.9 Å². The Bertz CT molecular complexity index is 1190. The van der Waals surface area contributed by atoms with Gasteiger partial charge in [-0.25, -0.2) is 22.5 Å². The Labute approximate surface area is 168 Å². The largest absolute Gasteiger partial charge is 0.350 e. The number of rotatable bonds is 4. The van der Waals surface area contributed by atoms with Crippen LogP contribution in [0, 0.1) is 23.3 Å². The fourth-order valence-electron chi connectivity index (χ4n) is 3.08. The van der Waals surface area contributed by atoms with Crippen LogP contribution in [0.5, 0.6) is 0 Å². The Morgan fingerprint density at radius 1 is 0.667 bits per heavy atom. The van der Waals surface area contributed by atoms with E-state index in [0.29, 0.717) is 4.90 Å². The highest BCUT2D eigenvalue weighted by Gasteiger charge is 2.41. The van der Waals surface area contributed by atoms with Crippen LogP contribution in [0.25, 0.3) is 5.57 Å². The average molecular weight is 412 g/mol. The maximum atomic E-state index is 14.3. The van der Waals surface area contributed by atoms with E-state index in [0.717, 1.165) is 42.5 Å². The highest BCUT2D eigenvalue weighted by atomic mass is 19.1. The SMILES string of the molecule is O=C1C(Nc2ccc(F)cc2)=C(c2ccc(F)cc2)C(=O)N1c1cc(F)ccc1F. The molecule has 1 aliphatic heterocycles. The average Bonchev–Trinajstić information content (AvgIpc) is 2.96. The van der Waals surface area contributed by atoms with Gasteiger partial charge >= 0.3 is 0 Å². The molecule has 0 spiro atoms. The highest BCUT2D eigenvalue weighted by Crippen LogP contribution is 2.35. The molecule has 1 aliphatic rings. The summed E-state index contributed by atoms with van der Waals surface area (Å²) in [4.78, 5) is 26.6. The third-order valence-electron chi connectivity index (χ3n) is 4.48. The van der Waals surface area contributed by atoms with Crippen molar-refractivity contribution in [1.82, 2.24) is 0 Å². The zero-order chi connectivity index (χ0) is 21.4. The van der Waals surface area contributed by atoms with E-state index < -0.39 is 40.8 Å². The molecule has 0 saturated carbocycles. The Morgan fingerprint density at radius 2 is 1.23 bits per heavy atom. The summed E-state index contributed by atoms with van der Waals surface area (Å²) in [5, 5.41) is 2.74. The quantitative estimate of drug-likeness (QED) is 0.502. The molecule has 0 fully saturated rings. The van der Waals surface area contributed by atoms with Gasteiger partial charge in [0.15, 0.2) is 0 Å². The van der Waals surface area contributed by atoms with Crippen molar-refractivity contribution in [3.8, 4) is 0 Å². The van der Waals surface area contributed by atoms with Crippen LogP contribution in [-0.2, 0) is 9.59 Å². The molecule has 1 heterocycles. The molecule has 4 nitrogen and oxygen atoms in total. The predicted octanol–water partition coefficient (Wildman–Crippen LogP) is 4.64. The number of anilines is 2. The fraction of sp³-hybridized carbons (Fsp3) is 0.